The van der Waals surface area contributed by atoms with Crippen LogP contribution < -0.4 is 10.6 Å². The van der Waals surface area contributed by atoms with Crippen molar-refractivity contribution in [2.24, 2.45) is 0 Å². The van der Waals surface area contributed by atoms with Gasteiger partial charge in [-0.25, -0.2) is 0 Å². The fourth-order valence-corrected chi connectivity index (χ4v) is 1.67. The molecule has 0 aromatic heterocycles. The summed E-state index contributed by atoms with van der Waals surface area (Å²) in [5.74, 6) is 0. The Labute approximate surface area is 108 Å². The van der Waals surface area contributed by atoms with E-state index in [2.05, 4.69) is 35.8 Å². The van der Waals surface area contributed by atoms with Crippen LogP contribution >= 0.6 is 0 Å². The van der Waals surface area contributed by atoms with Crippen molar-refractivity contribution in [2.45, 2.75) is 13.0 Å². The maximum Gasteiger partial charge on any atom is 0.0433 e. The molecule has 2 N–H and O–H groups in total. The van der Waals surface area contributed by atoms with Gasteiger partial charge in [-0.05, 0) is 43.5 Å². The third-order valence-corrected chi connectivity index (χ3v) is 2.58. The highest BCUT2D eigenvalue weighted by Crippen LogP contribution is 2.08. The Bertz CT molecular complexity index is 477. The molecule has 0 bridgehead atoms. The van der Waals surface area contributed by atoms with E-state index in [0.29, 0.717) is 0 Å². The van der Waals surface area contributed by atoms with Crippen molar-refractivity contribution in [3.05, 3.63) is 72.9 Å². The summed E-state index contributed by atoms with van der Waals surface area (Å²) in [4.78, 5) is 0. The molecule has 2 aromatic carbocycles. The molecule has 0 aliphatic heterocycles. The monoisotopic (exact) mass is 238 g/mol. The Balaban J connectivity index is 1.82. The minimum absolute atomic E-state index is 0.281. The molecule has 18 heavy (non-hydrogen) atoms. The number of hydrogen-bond donors (Lipinski definition) is 2. The van der Waals surface area contributed by atoms with Gasteiger partial charge in [-0.2, -0.15) is 0 Å². The van der Waals surface area contributed by atoms with Gasteiger partial charge in [-0.1, -0.05) is 36.4 Å². The summed E-state index contributed by atoms with van der Waals surface area (Å²) in [5, 5.41) is 6.64. The molecule has 92 valence electrons. The minimum Gasteiger partial charge on any atom is -0.379 e. The van der Waals surface area contributed by atoms with Gasteiger partial charge in [0.2, 0.25) is 0 Å². The molecule has 0 saturated heterocycles. The average Bonchev–Trinajstić information content (AvgIpc) is 2.41. The fourth-order valence-electron chi connectivity index (χ4n) is 1.67. The van der Waals surface area contributed by atoms with Gasteiger partial charge in [0, 0.05) is 17.4 Å². The van der Waals surface area contributed by atoms with Gasteiger partial charge in [-0.3, -0.25) is 0 Å². The lowest BCUT2D eigenvalue weighted by Crippen LogP contribution is -2.12. The van der Waals surface area contributed by atoms with E-state index in [4.69, 9.17) is 0 Å². The molecule has 1 atom stereocenters. The van der Waals surface area contributed by atoms with Crippen molar-refractivity contribution in [2.75, 3.05) is 10.6 Å². The third-order valence-electron chi connectivity index (χ3n) is 2.58. The Morgan fingerprint density at radius 1 is 0.833 bits per heavy atom. The van der Waals surface area contributed by atoms with Gasteiger partial charge >= 0.3 is 0 Å². The summed E-state index contributed by atoms with van der Waals surface area (Å²) in [6.07, 6.45) is 4.07. The van der Waals surface area contributed by atoms with Crippen LogP contribution in [0.4, 0.5) is 11.4 Å². The van der Waals surface area contributed by atoms with Crippen LogP contribution in [0, 0.1) is 0 Å². The zero-order valence-electron chi connectivity index (χ0n) is 10.5. The summed E-state index contributed by atoms with van der Waals surface area (Å²) >= 11 is 0. The number of anilines is 2. The molecule has 2 heteroatoms. The van der Waals surface area contributed by atoms with Crippen LogP contribution in [0.25, 0.3) is 0 Å². The van der Waals surface area contributed by atoms with Gasteiger partial charge in [0.1, 0.15) is 0 Å². The van der Waals surface area contributed by atoms with Crippen LogP contribution in [0.1, 0.15) is 6.92 Å². The SMILES string of the molecule is CC(C=CNc1ccccc1)Nc1ccccc1. The molecule has 0 radical (unpaired) electrons. The number of rotatable bonds is 5. The summed E-state index contributed by atoms with van der Waals surface area (Å²) < 4.78 is 0. The van der Waals surface area contributed by atoms with Crippen LogP contribution in [-0.2, 0) is 0 Å². The largest absolute Gasteiger partial charge is 0.379 e. The Kier molecular flexibility index (Phi) is 4.42. The molecule has 2 nitrogen and oxygen atoms in total. The van der Waals surface area contributed by atoms with Crippen molar-refractivity contribution >= 4 is 11.4 Å². The van der Waals surface area contributed by atoms with Crippen molar-refractivity contribution in [1.29, 1.82) is 0 Å². The van der Waals surface area contributed by atoms with E-state index in [0.717, 1.165) is 11.4 Å². The highest BCUT2D eigenvalue weighted by molar-refractivity contribution is 5.46. The predicted octanol–water partition coefficient (Wildman–Crippen LogP) is 4.11. The quantitative estimate of drug-likeness (QED) is 0.819. The lowest BCUT2D eigenvalue weighted by molar-refractivity contribution is 0.996. The molecule has 2 rings (SSSR count). The second kappa shape index (κ2) is 6.50. The summed E-state index contributed by atoms with van der Waals surface area (Å²) in [5.41, 5.74) is 2.23. The lowest BCUT2D eigenvalue weighted by atomic mass is 10.2. The molecule has 0 aliphatic carbocycles. The van der Waals surface area contributed by atoms with Crippen molar-refractivity contribution in [1.82, 2.24) is 0 Å². The third kappa shape index (κ3) is 3.98. The highest BCUT2D eigenvalue weighted by atomic mass is 14.9. The van der Waals surface area contributed by atoms with E-state index in [9.17, 15) is 0 Å². The maximum atomic E-state index is 3.40. The van der Waals surface area contributed by atoms with Gasteiger partial charge in [0.15, 0.2) is 0 Å². The Hall–Kier alpha value is -2.22. The second-order valence-corrected chi connectivity index (χ2v) is 4.17. The Morgan fingerprint density at radius 2 is 1.39 bits per heavy atom. The predicted molar refractivity (Wildman–Crippen MR) is 78.7 cm³/mol. The van der Waals surface area contributed by atoms with E-state index in [1.54, 1.807) is 0 Å². The zero-order chi connectivity index (χ0) is 12.6. The van der Waals surface area contributed by atoms with E-state index >= 15 is 0 Å². The first kappa shape index (κ1) is 12.2. The summed E-state index contributed by atoms with van der Waals surface area (Å²) in [6.45, 7) is 2.12. The van der Waals surface area contributed by atoms with Gasteiger partial charge < -0.3 is 10.6 Å². The van der Waals surface area contributed by atoms with Crippen LogP contribution in [0.15, 0.2) is 72.9 Å². The lowest BCUT2D eigenvalue weighted by Gasteiger charge is -2.11. The fraction of sp³-hybridized carbons (Fsp3) is 0.125. The number of nitrogens with one attached hydrogen (secondary N) is 2. The first-order valence-electron chi connectivity index (χ1n) is 6.14. The normalized spacial score (nSPS) is 12.3. The van der Waals surface area contributed by atoms with Gasteiger partial charge in [0.25, 0.3) is 0 Å². The van der Waals surface area contributed by atoms with Gasteiger partial charge in [-0.15, -0.1) is 0 Å². The average molecular weight is 238 g/mol. The second-order valence-electron chi connectivity index (χ2n) is 4.17. The van der Waals surface area contributed by atoms with E-state index in [1.165, 1.54) is 0 Å². The minimum atomic E-state index is 0.281. The molecule has 0 spiro atoms. The maximum absolute atomic E-state index is 3.40. The molecule has 1 unspecified atom stereocenters. The van der Waals surface area contributed by atoms with Crippen molar-refractivity contribution < 1.29 is 0 Å². The first-order chi connectivity index (χ1) is 8.84. The van der Waals surface area contributed by atoms with Crippen molar-refractivity contribution in [3.63, 3.8) is 0 Å². The molecule has 0 aliphatic rings. The van der Waals surface area contributed by atoms with Crippen LogP contribution in [0.5, 0.6) is 0 Å². The number of para-hydroxylation sites is 2. The zero-order valence-corrected chi connectivity index (χ0v) is 10.5. The summed E-state index contributed by atoms with van der Waals surface area (Å²) in [6, 6.07) is 20.6. The van der Waals surface area contributed by atoms with Crippen LogP contribution in [0.2, 0.25) is 0 Å². The molecular formula is C16H18N2. The standard InChI is InChI=1S/C16H18N2/c1-14(18-16-10-6-3-7-11-16)12-13-17-15-8-4-2-5-9-15/h2-14,17-18H,1H3. The molecule has 0 fully saturated rings. The Morgan fingerprint density at radius 3 is 2.00 bits per heavy atom. The summed E-state index contributed by atoms with van der Waals surface area (Å²) in [7, 11) is 0. The number of benzene rings is 2. The topological polar surface area (TPSA) is 24.1 Å². The van der Waals surface area contributed by atoms with Gasteiger partial charge in [0.05, 0.1) is 0 Å². The smallest absolute Gasteiger partial charge is 0.0433 e. The first-order valence-corrected chi connectivity index (χ1v) is 6.14. The van der Waals surface area contributed by atoms with Crippen LogP contribution in [0.3, 0.4) is 0 Å². The van der Waals surface area contributed by atoms with Crippen molar-refractivity contribution in [3.8, 4) is 0 Å². The van der Waals surface area contributed by atoms with E-state index in [1.807, 2.05) is 54.7 Å². The molecule has 0 heterocycles. The molecule has 0 amide bonds. The van der Waals surface area contributed by atoms with E-state index in [-0.39, 0.29) is 6.04 Å². The molecule has 0 saturated carbocycles. The van der Waals surface area contributed by atoms with E-state index < -0.39 is 0 Å². The number of hydrogen-bond acceptors (Lipinski definition) is 2. The molecular weight excluding hydrogens is 220 g/mol. The van der Waals surface area contributed by atoms with Crippen LogP contribution in [-0.4, -0.2) is 6.04 Å². The molecule has 2 aromatic rings. The highest BCUT2D eigenvalue weighted by Gasteiger charge is 1.95.